The smallest absolute Gasteiger partial charge is 0.0875 e. The zero-order valence-corrected chi connectivity index (χ0v) is 3.27. The molecule has 6 heavy (non-hydrogen) atoms. The Kier molecular flexibility index (Phi) is 0.449. The van der Waals surface area contributed by atoms with Gasteiger partial charge in [-0.3, -0.25) is 0 Å². The highest BCUT2D eigenvalue weighted by atomic mass is 16.3. The molecule has 0 N–H and O–H groups in total. The van der Waals surface area contributed by atoms with Gasteiger partial charge in [-0.2, -0.15) is 0 Å². The maximum Gasteiger partial charge on any atom is 0.0875 e. The number of hydrogen-bond donors (Lipinski definition) is 0. The van der Waals surface area contributed by atoms with Gasteiger partial charge in [0.15, 0.2) is 0 Å². The topological polar surface area (TPSA) is 23.1 Å². The summed E-state index contributed by atoms with van der Waals surface area (Å²) in [5.74, 6) is 0.0833. The Morgan fingerprint density at radius 3 is 2.33 bits per heavy atom. The number of hydrogen-bond acceptors (Lipinski definition) is 1. The fourth-order valence-electron chi connectivity index (χ4n) is 0.353. The van der Waals surface area contributed by atoms with Gasteiger partial charge in [-0.1, -0.05) is 0 Å². The standard InChI is InChI=1S/C5H4O/c1-4-2-5(6)3-4/h2-3H,1H2. The molecular formula is C5H4O. The molecule has 0 fully saturated rings. The van der Waals surface area contributed by atoms with Crippen LogP contribution in [-0.4, -0.2) is 0 Å². The minimum atomic E-state index is 0.0833. The molecule has 30 valence electrons. The molecule has 0 unspecified atom stereocenters. The summed E-state index contributed by atoms with van der Waals surface area (Å²) in [6.07, 6.45) is 3.00. The molecule has 1 aliphatic rings. The quantitative estimate of drug-likeness (QED) is 0.376. The summed E-state index contributed by atoms with van der Waals surface area (Å²) in [7, 11) is 0. The Labute approximate surface area is 36.6 Å². The molecule has 0 aromatic carbocycles. The van der Waals surface area contributed by atoms with Gasteiger partial charge in [0, 0.05) is 12.5 Å². The van der Waals surface area contributed by atoms with Gasteiger partial charge in [0.25, 0.3) is 0 Å². The van der Waals surface area contributed by atoms with Crippen molar-refractivity contribution < 1.29 is 5.11 Å². The van der Waals surface area contributed by atoms with E-state index in [2.05, 4.69) is 6.58 Å². The minimum absolute atomic E-state index is 0.0833. The third-order valence-electron chi connectivity index (χ3n) is 0.655. The molecule has 0 aromatic heterocycles. The largest absolute Gasteiger partial charge is 0.857 e. The second kappa shape index (κ2) is 0.805. The lowest BCUT2D eigenvalue weighted by molar-refractivity contribution is -0.300. The molecule has 0 saturated heterocycles. The van der Waals surface area contributed by atoms with Crippen molar-refractivity contribution in [2.75, 3.05) is 0 Å². The summed E-state index contributed by atoms with van der Waals surface area (Å²) in [5, 5.41) is 9.94. The van der Waals surface area contributed by atoms with Crippen molar-refractivity contribution >= 4 is 0 Å². The van der Waals surface area contributed by atoms with Crippen LogP contribution in [0.15, 0.2) is 24.0 Å². The Bertz CT molecular complexity index is 111. The molecule has 0 spiro atoms. The van der Waals surface area contributed by atoms with E-state index in [9.17, 15) is 5.11 Å². The lowest BCUT2D eigenvalue weighted by Gasteiger charge is -2.12. The Hall–Kier alpha value is -0.850. The van der Waals surface area contributed by atoms with E-state index in [4.69, 9.17) is 0 Å². The van der Waals surface area contributed by atoms with Gasteiger partial charge in [0.2, 0.25) is 0 Å². The van der Waals surface area contributed by atoms with Crippen molar-refractivity contribution in [2.45, 2.75) is 0 Å². The third kappa shape index (κ3) is 0.285. The first-order chi connectivity index (χ1) is 2.79. The van der Waals surface area contributed by atoms with Crippen molar-refractivity contribution in [3.63, 3.8) is 0 Å². The third-order valence-corrected chi connectivity index (χ3v) is 0.655. The monoisotopic (exact) mass is 80.0 g/mol. The normalized spacial score (nSPS) is 18.0. The first kappa shape index (κ1) is 3.34. The summed E-state index contributed by atoms with van der Waals surface area (Å²) in [6.45, 7) is 3.48. The van der Waals surface area contributed by atoms with E-state index in [0.717, 1.165) is 5.57 Å². The van der Waals surface area contributed by atoms with E-state index in [1.165, 1.54) is 12.5 Å². The molecule has 0 aromatic rings. The summed E-state index contributed by atoms with van der Waals surface area (Å²) in [6, 6.07) is 0. The SMILES string of the molecule is C=C1C=C([O-])[CH+]1. The zero-order valence-electron chi connectivity index (χ0n) is 3.27. The van der Waals surface area contributed by atoms with Crippen molar-refractivity contribution in [1.29, 1.82) is 0 Å². The highest BCUT2D eigenvalue weighted by molar-refractivity contribution is 5.43. The molecule has 1 aliphatic carbocycles. The molecule has 0 amide bonds. The van der Waals surface area contributed by atoms with Gasteiger partial charge in [0.1, 0.15) is 0 Å². The van der Waals surface area contributed by atoms with E-state index >= 15 is 0 Å². The van der Waals surface area contributed by atoms with Crippen LogP contribution in [0.3, 0.4) is 0 Å². The first-order valence-corrected chi connectivity index (χ1v) is 1.71. The Morgan fingerprint density at radius 1 is 1.83 bits per heavy atom. The Morgan fingerprint density at radius 2 is 2.33 bits per heavy atom. The fraction of sp³-hybridized carbons (Fsp3) is 0. The fourth-order valence-corrected chi connectivity index (χ4v) is 0.353. The van der Waals surface area contributed by atoms with Crippen LogP contribution in [0.2, 0.25) is 0 Å². The predicted molar refractivity (Wildman–Crippen MR) is 21.5 cm³/mol. The van der Waals surface area contributed by atoms with Gasteiger partial charge in [-0.05, 0) is 12.3 Å². The summed E-state index contributed by atoms with van der Waals surface area (Å²) < 4.78 is 0. The summed E-state index contributed by atoms with van der Waals surface area (Å²) in [4.78, 5) is 0. The highest BCUT2D eigenvalue weighted by Crippen LogP contribution is 2.14. The molecule has 0 aliphatic heterocycles. The van der Waals surface area contributed by atoms with Crippen LogP contribution in [0.5, 0.6) is 0 Å². The Balaban J connectivity index is 2.68. The van der Waals surface area contributed by atoms with E-state index < -0.39 is 0 Å². The molecular weight excluding hydrogens is 76.1 g/mol. The van der Waals surface area contributed by atoms with Gasteiger partial charge in [-0.25, -0.2) is 0 Å². The van der Waals surface area contributed by atoms with E-state index in [1.807, 2.05) is 0 Å². The van der Waals surface area contributed by atoms with E-state index in [-0.39, 0.29) is 5.76 Å². The average molecular weight is 80.1 g/mol. The van der Waals surface area contributed by atoms with Crippen molar-refractivity contribution in [2.24, 2.45) is 0 Å². The second-order valence-corrected chi connectivity index (χ2v) is 1.27. The molecule has 0 atom stereocenters. The van der Waals surface area contributed by atoms with Crippen LogP contribution in [0, 0.1) is 6.42 Å². The molecule has 0 saturated carbocycles. The molecule has 0 heterocycles. The minimum Gasteiger partial charge on any atom is -0.857 e. The van der Waals surface area contributed by atoms with E-state index in [1.54, 1.807) is 0 Å². The second-order valence-electron chi connectivity index (χ2n) is 1.27. The lowest BCUT2D eigenvalue weighted by atomic mass is 10.0. The molecule has 0 bridgehead atoms. The van der Waals surface area contributed by atoms with Gasteiger partial charge in [0.05, 0.1) is 5.57 Å². The zero-order chi connectivity index (χ0) is 4.57. The van der Waals surface area contributed by atoms with E-state index in [0.29, 0.717) is 0 Å². The predicted octanol–water partition coefficient (Wildman–Crippen LogP) is 0.00469. The van der Waals surface area contributed by atoms with Crippen LogP contribution in [0.25, 0.3) is 0 Å². The van der Waals surface area contributed by atoms with Crippen LogP contribution in [0.1, 0.15) is 0 Å². The molecule has 1 nitrogen and oxygen atoms in total. The van der Waals surface area contributed by atoms with Gasteiger partial charge >= 0.3 is 0 Å². The number of rotatable bonds is 0. The lowest BCUT2D eigenvalue weighted by Crippen LogP contribution is -2.11. The summed E-state index contributed by atoms with van der Waals surface area (Å²) in [5.41, 5.74) is 0.833. The first-order valence-electron chi connectivity index (χ1n) is 1.71. The van der Waals surface area contributed by atoms with Crippen molar-refractivity contribution in [3.8, 4) is 0 Å². The van der Waals surface area contributed by atoms with Gasteiger partial charge in [-0.15, -0.1) is 0 Å². The van der Waals surface area contributed by atoms with Crippen molar-refractivity contribution in [1.82, 2.24) is 0 Å². The summed E-state index contributed by atoms with van der Waals surface area (Å²) >= 11 is 0. The van der Waals surface area contributed by atoms with Crippen LogP contribution >= 0.6 is 0 Å². The average Bonchev–Trinajstić information content (AvgIpc) is 1.33. The van der Waals surface area contributed by atoms with Crippen molar-refractivity contribution in [3.05, 3.63) is 30.4 Å². The maximum atomic E-state index is 9.94. The number of allylic oxidation sites excluding steroid dienone is 2. The van der Waals surface area contributed by atoms with Crippen LogP contribution in [-0.2, 0) is 0 Å². The van der Waals surface area contributed by atoms with Gasteiger partial charge < -0.3 is 5.11 Å². The van der Waals surface area contributed by atoms with Crippen LogP contribution in [0.4, 0.5) is 0 Å². The molecule has 1 heteroatoms. The molecule has 1 rings (SSSR count). The van der Waals surface area contributed by atoms with Crippen LogP contribution < -0.4 is 5.11 Å². The highest BCUT2D eigenvalue weighted by Gasteiger charge is 2.05. The molecule has 0 radical (unpaired) electrons. The maximum absolute atomic E-state index is 9.94.